The molecule has 42 heavy (non-hydrogen) atoms. The predicted molar refractivity (Wildman–Crippen MR) is 167 cm³/mol. The summed E-state index contributed by atoms with van der Waals surface area (Å²) in [6.07, 6.45) is 0. The zero-order chi connectivity index (χ0) is 28.7. The van der Waals surface area contributed by atoms with Crippen LogP contribution in [-0.2, 0) is 10.2 Å². The Morgan fingerprint density at radius 3 is 1.48 bits per heavy atom. The summed E-state index contributed by atoms with van der Waals surface area (Å²) >= 11 is 0. The largest absolute Gasteiger partial charge is 0.507 e. The summed E-state index contributed by atoms with van der Waals surface area (Å²) in [7, 11) is 0. The quantitative estimate of drug-likeness (QED) is 0.229. The van der Waals surface area contributed by atoms with Gasteiger partial charge in [0.15, 0.2) is 0 Å². The maximum absolute atomic E-state index is 15.2. The van der Waals surface area contributed by atoms with Gasteiger partial charge in [-0.3, -0.25) is 9.69 Å². The number of hydrogen-bond acceptors (Lipinski definition) is 3. The van der Waals surface area contributed by atoms with Crippen LogP contribution in [0, 0.1) is 0 Å². The van der Waals surface area contributed by atoms with E-state index in [0.717, 1.165) is 39.2 Å². The van der Waals surface area contributed by atoms with E-state index in [0.29, 0.717) is 11.1 Å². The summed E-state index contributed by atoms with van der Waals surface area (Å²) in [5, 5.41) is 22.0. The van der Waals surface area contributed by atoms with Crippen LogP contribution in [0.25, 0.3) is 22.3 Å². The van der Waals surface area contributed by atoms with Crippen molar-refractivity contribution in [2.45, 2.75) is 5.41 Å². The number of carbonyl (C=O) groups is 1. The van der Waals surface area contributed by atoms with Gasteiger partial charge in [0, 0.05) is 22.4 Å². The second-order valence-corrected chi connectivity index (χ2v) is 10.4. The van der Waals surface area contributed by atoms with Crippen LogP contribution >= 0.6 is 0 Å². The van der Waals surface area contributed by atoms with Gasteiger partial charge in [0.25, 0.3) is 5.91 Å². The number of para-hydroxylation sites is 2. The van der Waals surface area contributed by atoms with Gasteiger partial charge in [-0.25, -0.2) is 0 Å². The van der Waals surface area contributed by atoms with Crippen molar-refractivity contribution in [2.75, 3.05) is 4.90 Å². The smallest absolute Gasteiger partial charge is 0.251 e. The first kappa shape index (κ1) is 25.4. The number of amides is 1. The summed E-state index contributed by atoms with van der Waals surface area (Å²) in [5.74, 6) is 0.133. The summed E-state index contributed by atoms with van der Waals surface area (Å²) in [4.78, 5) is 16.9. The molecule has 1 heterocycles. The third kappa shape index (κ3) is 3.88. The molecule has 0 fully saturated rings. The number of phenolic OH excluding ortho intramolecular Hbond substituents is 2. The van der Waals surface area contributed by atoms with Crippen LogP contribution in [0.4, 0.5) is 11.4 Å². The molecule has 0 aromatic heterocycles. The highest BCUT2D eigenvalue weighted by atomic mass is 16.3. The Morgan fingerprint density at radius 2 is 0.952 bits per heavy atom. The number of fused-ring (bicyclic) bond motifs is 1. The summed E-state index contributed by atoms with van der Waals surface area (Å²) in [6, 6.07) is 47.7. The monoisotopic (exact) mass is 545 g/mol. The molecule has 0 spiro atoms. The first-order chi connectivity index (χ1) is 20.6. The number of nitrogens with zero attached hydrogens (tertiary/aromatic N) is 1. The number of benzene rings is 6. The highest BCUT2D eigenvalue weighted by molar-refractivity contribution is 6.17. The summed E-state index contributed by atoms with van der Waals surface area (Å²) in [6.45, 7) is 0. The highest BCUT2D eigenvalue weighted by Gasteiger charge is 2.54. The second kappa shape index (κ2) is 10.1. The van der Waals surface area contributed by atoms with E-state index >= 15 is 4.79 Å². The van der Waals surface area contributed by atoms with Crippen LogP contribution in [-0.4, -0.2) is 16.1 Å². The molecule has 2 N–H and O–H groups in total. The van der Waals surface area contributed by atoms with Crippen molar-refractivity contribution in [2.24, 2.45) is 0 Å². The van der Waals surface area contributed by atoms with E-state index in [9.17, 15) is 10.2 Å². The first-order valence-electron chi connectivity index (χ1n) is 13.9. The fourth-order valence-corrected chi connectivity index (χ4v) is 6.17. The van der Waals surface area contributed by atoms with E-state index in [1.165, 1.54) is 0 Å². The van der Waals surface area contributed by atoms with E-state index in [-0.39, 0.29) is 17.4 Å². The fraction of sp³-hybridized carbons (Fsp3) is 0.0263. The summed E-state index contributed by atoms with van der Waals surface area (Å²) < 4.78 is 0. The minimum absolute atomic E-state index is 0.134. The van der Waals surface area contributed by atoms with E-state index in [1.807, 2.05) is 140 Å². The van der Waals surface area contributed by atoms with Gasteiger partial charge < -0.3 is 10.2 Å². The van der Waals surface area contributed by atoms with Crippen molar-refractivity contribution in [1.29, 1.82) is 0 Å². The van der Waals surface area contributed by atoms with Gasteiger partial charge in [-0.1, -0.05) is 109 Å². The average Bonchev–Trinajstić information content (AvgIpc) is 3.31. The lowest BCUT2D eigenvalue weighted by Crippen LogP contribution is -2.40. The third-order valence-electron chi connectivity index (χ3n) is 8.12. The molecule has 4 heteroatoms. The molecule has 6 aromatic carbocycles. The second-order valence-electron chi connectivity index (χ2n) is 10.4. The first-order valence-corrected chi connectivity index (χ1v) is 13.9. The van der Waals surface area contributed by atoms with Gasteiger partial charge >= 0.3 is 0 Å². The molecular weight excluding hydrogens is 518 g/mol. The molecule has 0 aliphatic carbocycles. The minimum atomic E-state index is -1.26. The molecule has 1 aliphatic heterocycles. The van der Waals surface area contributed by atoms with Crippen LogP contribution in [0.15, 0.2) is 152 Å². The van der Waals surface area contributed by atoms with E-state index in [2.05, 4.69) is 0 Å². The minimum Gasteiger partial charge on any atom is -0.507 e. The van der Waals surface area contributed by atoms with Crippen LogP contribution in [0.5, 0.6) is 11.5 Å². The van der Waals surface area contributed by atoms with Crippen LogP contribution in [0.2, 0.25) is 0 Å². The van der Waals surface area contributed by atoms with E-state index < -0.39 is 5.41 Å². The van der Waals surface area contributed by atoms with Gasteiger partial charge in [-0.15, -0.1) is 0 Å². The predicted octanol–water partition coefficient (Wildman–Crippen LogP) is 8.44. The molecule has 202 valence electrons. The van der Waals surface area contributed by atoms with E-state index in [4.69, 9.17) is 0 Å². The molecule has 0 unspecified atom stereocenters. The standard InChI is InChI=1S/C38H27NO3/c40-35-22-20-28(24-31(35)26-12-4-1-5-13-26)38(29-21-23-36(41)32(25-29)27-14-6-2-7-15-27)33-18-10-11-19-34(33)39(37(38)42)30-16-8-3-9-17-30/h1-25,40-41H. The van der Waals surface area contributed by atoms with Crippen LogP contribution in [0.1, 0.15) is 16.7 Å². The maximum atomic E-state index is 15.2. The Morgan fingerprint density at radius 1 is 0.500 bits per heavy atom. The third-order valence-corrected chi connectivity index (χ3v) is 8.12. The zero-order valence-electron chi connectivity index (χ0n) is 22.7. The molecule has 6 aromatic rings. The Kier molecular flexibility index (Phi) is 6.10. The number of carbonyl (C=O) groups excluding carboxylic acids is 1. The maximum Gasteiger partial charge on any atom is 0.251 e. The van der Waals surface area contributed by atoms with Crippen molar-refractivity contribution in [1.82, 2.24) is 0 Å². The lowest BCUT2D eigenvalue weighted by molar-refractivity contribution is -0.120. The van der Waals surface area contributed by atoms with Gasteiger partial charge in [0.1, 0.15) is 16.9 Å². The molecule has 0 atom stereocenters. The molecular formula is C38H27NO3. The number of hydrogen-bond donors (Lipinski definition) is 2. The molecule has 0 saturated carbocycles. The normalized spacial score (nSPS) is 13.6. The topological polar surface area (TPSA) is 60.8 Å². The van der Waals surface area contributed by atoms with Crippen molar-refractivity contribution in [3.63, 3.8) is 0 Å². The average molecular weight is 546 g/mol. The molecule has 0 radical (unpaired) electrons. The van der Waals surface area contributed by atoms with Crippen LogP contribution in [0.3, 0.4) is 0 Å². The number of anilines is 2. The summed E-state index contributed by atoms with van der Waals surface area (Å²) in [5.41, 5.74) is 5.53. The van der Waals surface area contributed by atoms with Gasteiger partial charge in [-0.2, -0.15) is 0 Å². The SMILES string of the molecule is O=C1N(c2ccccc2)c2ccccc2C1(c1ccc(O)c(-c2ccccc2)c1)c1ccc(O)c(-c2ccccc2)c1. The lowest BCUT2D eigenvalue weighted by atomic mass is 9.69. The van der Waals surface area contributed by atoms with Gasteiger partial charge in [-0.05, 0) is 64.7 Å². The van der Waals surface area contributed by atoms with Crippen molar-refractivity contribution < 1.29 is 15.0 Å². The Bertz CT molecular complexity index is 1830. The lowest BCUT2D eigenvalue weighted by Gasteiger charge is -2.31. The van der Waals surface area contributed by atoms with Crippen molar-refractivity contribution in [3.05, 3.63) is 168 Å². The molecule has 0 bridgehead atoms. The number of rotatable bonds is 5. The Labute approximate surface area is 244 Å². The molecule has 4 nitrogen and oxygen atoms in total. The highest BCUT2D eigenvalue weighted by Crippen LogP contribution is 2.54. The number of aromatic hydroxyl groups is 2. The zero-order valence-corrected chi connectivity index (χ0v) is 22.7. The Balaban J connectivity index is 1.56. The molecule has 0 saturated heterocycles. The van der Waals surface area contributed by atoms with Crippen LogP contribution < -0.4 is 4.90 Å². The molecule has 1 aliphatic rings. The number of phenols is 2. The van der Waals surface area contributed by atoms with E-state index in [1.54, 1.807) is 17.0 Å². The molecule has 1 amide bonds. The van der Waals surface area contributed by atoms with Crippen molar-refractivity contribution >= 4 is 17.3 Å². The fourth-order valence-electron chi connectivity index (χ4n) is 6.17. The van der Waals surface area contributed by atoms with Gasteiger partial charge in [0.2, 0.25) is 0 Å². The van der Waals surface area contributed by atoms with Gasteiger partial charge in [0.05, 0.1) is 5.69 Å². The van der Waals surface area contributed by atoms with Crippen molar-refractivity contribution in [3.8, 4) is 33.8 Å². The Hall–Kier alpha value is -5.61. The molecule has 7 rings (SSSR count).